The highest BCUT2D eigenvalue weighted by molar-refractivity contribution is 5.79. The molecule has 0 amide bonds. The molecule has 0 N–H and O–H groups in total. The quantitative estimate of drug-likeness (QED) is 0.0981. The van der Waals surface area contributed by atoms with Crippen LogP contribution in [0.4, 0.5) is 0 Å². The summed E-state index contributed by atoms with van der Waals surface area (Å²) in [6.07, 6.45) is 9.87. The van der Waals surface area contributed by atoms with Crippen LogP contribution in [0.3, 0.4) is 0 Å². The second kappa shape index (κ2) is 27.4. The van der Waals surface area contributed by atoms with E-state index < -0.39 is 4.92 Å². The maximum absolute atomic E-state index is 10.1. The van der Waals surface area contributed by atoms with Crippen LogP contribution >= 0.6 is 0 Å². The first-order chi connectivity index (χ1) is 14.6. The van der Waals surface area contributed by atoms with Crippen molar-refractivity contribution >= 4 is 12.4 Å². The molecule has 0 aliphatic carbocycles. The van der Waals surface area contributed by atoms with Crippen LogP contribution in [-0.4, -0.2) is 75.5 Å². The van der Waals surface area contributed by atoms with E-state index in [9.17, 15) is 4.79 Å². The van der Waals surface area contributed by atoms with Crippen molar-refractivity contribution in [2.75, 3.05) is 48.4 Å². The van der Waals surface area contributed by atoms with Gasteiger partial charge >= 0.3 is 0 Å². The topological polar surface area (TPSA) is 88.3 Å². The third kappa shape index (κ3) is 27.4. The van der Waals surface area contributed by atoms with Crippen LogP contribution < -0.4 is 0 Å². The van der Waals surface area contributed by atoms with Crippen LogP contribution in [-0.2, 0) is 9.53 Å². The molecule has 0 aromatic heterocycles. The van der Waals surface area contributed by atoms with E-state index in [1.165, 1.54) is 5.57 Å². The highest BCUT2D eigenvalue weighted by Gasteiger charge is 2.06. The predicted octanol–water partition coefficient (Wildman–Crippen LogP) is 4.67. The first kappa shape index (κ1) is 35.8. The summed E-state index contributed by atoms with van der Waals surface area (Å²) in [7, 11) is 8.72. The van der Waals surface area contributed by atoms with Gasteiger partial charge < -0.3 is 14.5 Å². The first-order valence-corrected chi connectivity index (χ1v) is 10.6. The number of hydrogen-bond acceptors (Lipinski definition) is 5. The Morgan fingerprint density at radius 1 is 1.26 bits per heavy atom. The molecule has 0 radical (unpaired) electrons. The fourth-order valence-electron chi connectivity index (χ4n) is 2.14. The number of hydrogen-bond donors (Lipinski definition) is 0. The number of guanidine groups is 1. The molecule has 0 saturated carbocycles. The third-order valence-electron chi connectivity index (χ3n) is 3.62. The van der Waals surface area contributed by atoms with Crippen molar-refractivity contribution in [3.63, 3.8) is 0 Å². The summed E-state index contributed by atoms with van der Waals surface area (Å²) in [5.74, 6) is 1.30. The Labute approximate surface area is 190 Å². The van der Waals surface area contributed by atoms with Gasteiger partial charge in [0.1, 0.15) is 0 Å². The molecule has 0 heterocycles. The Kier molecular flexibility index (Phi) is 31.6. The van der Waals surface area contributed by atoms with Gasteiger partial charge in [-0.1, -0.05) is 57.6 Å². The Balaban J connectivity index is -0.000000196. The van der Waals surface area contributed by atoms with Crippen LogP contribution in [0.2, 0.25) is 0 Å². The van der Waals surface area contributed by atoms with Crippen molar-refractivity contribution in [3.05, 3.63) is 46.6 Å². The molecule has 8 heteroatoms. The highest BCUT2D eigenvalue weighted by atomic mass is 16.6. The van der Waals surface area contributed by atoms with Crippen molar-refractivity contribution in [1.82, 2.24) is 9.80 Å². The smallest absolute Gasteiger partial charge is 0.293 e. The summed E-state index contributed by atoms with van der Waals surface area (Å²) in [4.78, 5) is 26.6. The molecule has 1 atom stereocenters. The zero-order valence-electron chi connectivity index (χ0n) is 21.4. The Morgan fingerprint density at radius 2 is 1.77 bits per heavy atom. The minimum atomic E-state index is -0.500. The van der Waals surface area contributed by atoms with Crippen LogP contribution in [0, 0.1) is 16.0 Å². The van der Waals surface area contributed by atoms with Crippen molar-refractivity contribution in [3.8, 4) is 0 Å². The monoisotopic (exact) mass is 442 g/mol. The zero-order chi connectivity index (χ0) is 25.2. The van der Waals surface area contributed by atoms with Crippen molar-refractivity contribution in [1.29, 1.82) is 0 Å². The van der Waals surface area contributed by atoms with E-state index in [1.807, 2.05) is 59.1 Å². The lowest BCUT2D eigenvalue weighted by atomic mass is 9.99. The average molecular weight is 443 g/mol. The molecular weight excluding hydrogens is 396 g/mol. The largest absolute Gasteiger partial charge is 0.467 e. The van der Waals surface area contributed by atoms with Crippen molar-refractivity contribution in [2.45, 2.75) is 47.5 Å². The summed E-state index contributed by atoms with van der Waals surface area (Å²) in [5, 5.41) is 8.81. The summed E-state index contributed by atoms with van der Waals surface area (Å²) in [6, 6.07) is 0. The molecule has 0 aliphatic heterocycles. The second-order valence-electron chi connectivity index (χ2n) is 6.25. The number of ether oxygens (including phenoxy) is 1. The first-order valence-electron chi connectivity index (χ1n) is 10.6. The van der Waals surface area contributed by atoms with Gasteiger partial charge in [0, 0.05) is 45.6 Å². The molecule has 0 fully saturated rings. The molecule has 0 spiro atoms. The van der Waals surface area contributed by atoms with Crippen LogP contribution in [0.1, 0.15) is 47.5 Å². The lowest BCUT2D eigenvalue weighted by molar-refractivity contribution is -0.445. The van der Waals surface area contributed by atoms with E-state index >= 15 is 0 Å². The normalized spacial score (nSPS) is 11.4. The number of carbonyl (C=O) groups excluding carboxylic acids is 1. The molecule has 0 bridgehead atoms. The van der Waals surface area contributed by atoms with Crippen LogP contribution in [0.5, 0.6) is 0 Å². The van der Waals surface area contributed by atoms with E-state index in [0.29, 0.717) is 13.1 Å². The van der Waals surface area contributed by atoms with Crippen LogP contribution in [0.25, 0.3) is 0 Å². The average Bonchev–Trinajstić information content (AvgIpc) is 2.73. The maximum Gasteiger partial charge on any atom is 0.293 e. The number of nitrogens with zero attached hydrogens (tertiary/aromatic N) is 4. The fourth-order valence-corrected chi connectivity index (χ4v) is 2.14. The molecule has 31 heavy (non-hydrogen) atoms. The summed E-state index contributed by atoms with van der Waals surface area (Å²) in [5.41, 5.74) is 1.29. The lowest BCUT2D eigenvalue weighted by Crippen LogP contribution is -2.37. The summed E-state index contributed by atoms with van der Waals surface area (Å²) >= 11 is 0. The standard InChI is InChI=1S/C13H20O2.C7H17N3.C2H6.CH3NO2/c1-4-6-7-8-9-13(5-2)12(3)10-15-11-14;1-6-10(5)7(8-2)9(3)4;1-2;1-2(3)4/h4,7-9,11-12H,1,5-6,10H2,2-3H3;6H2,1-5H3;1-2H3;1H3/b8-7-,13-9+;;;. The SMILES string of the molecule is C=CC/C=C\C=C(/CC)C(C)COC=O.CC.CCN(C)C(=NC)N(C)C.C[N+](=O)[O-]. The Bertz CT molecular complexity index is 526. The fraction of sp³-hybridized carbons (Fsp3) is 0.652. The van der Waals surface area contributed by atoms with Gasteiger partial charge in [-0.3, -0.25) is 19.9 Å². The molecule has 0 rings (SSSR count). The van der Waals surface area contributed by atoms with Gasteiger partial charge in [0.2, 0.25) is 0 Å². The van der Waals surface area contributed by atoms with Gasteiger partial charge in [-0.2, -0.15) is 0 Å². The molecule has 182 valence electrons. The number of allylic oxidation sites excluding steroid dienone is 4. The molecule has 0 aliphatic rings. The molecule has 8 nitrogen and oxygen atoms in total. The minimum Gasteiger partial charge on any atom is -0.467 e. The second-order valence-corrected chi connectivity index (χ2v) is 6.25. The van der Waals surface area contributed by atoms with Crippen molar-refractivity contribution < 1.29 is 14.5 Å². The third-order valence-corrected chi connectivity index (χ3v) is 3.62. The molecule has 0 aromatic carbocycles. The molecule has 1 unspecified atom stereocenters. The van der Waals surface area contributed by atoms with Gasteiger partial charge in [0.15, 0.2) is 13.0 Å². The predicted molar refractivity (Wildman–Crippen MR) is 133 cm³/mol. The molecular formula is C23H46N4O4. The maximum atomic E-state index is 10.1. The Morgan fingerprint density at radius 3 is 2.06 bits per heavy atom. The van der Waals surface area contributed by atoms with Crippen LogP contribution in [0.15, 0.2) is 41.4 Å². The Hall–Kier alpha value is -2.64. The van der Waals surface area contributed by atoms with E-state index in [-0.39, 0.29) is 5.92 Å². The number of rotatable bonds is 9. The van der Waals surface area contributed by atoms with Crippen molar-refractivity contribution in [2.24, 2.45) is 10.9 Å². The zero-order valence-corrected chi connectivity index (χ0v) is 21.4. The van der Waals surface area contributed by atoms with Gasteiger partial charge in [-0.25, -0.2) is 0 Å². The number of carbonyl (C=O) groups is 1. The summed E-state index contributed by atoms with van der Waals surface area (Å²) in [6.45, 7) is 15.9. The lowest BCUT2D eigenvalue weighted by Gasteiger charge is -2.24. The molecule has 0 aromatic rings. The van der Waals surface area contributed by atoms with Gasteiger partial charge in [0.25, 0.3) is 6.47 Å². The minimum absolute atomic E-state index is 0.286. The van der Waals surface area contributed by atoms with E-state index in [2.05, 4.69) is 49.4 Å². The highest BCUT2D eigenvalue weighted by Crippen LogP contribution is 2.14. The van der Waals surface area contributed by atoms with Gasteiger partial charge in [0.05, 0.1) is 6.61 Å². The van der Waals surface area contributed by atoms with E-state index in [1.54, 1.807) is 0 Å². The van der Waals surface area contributed by atoms with Gasteiger partial charge in [-0.15, -0.1) is 6.58 Å². The number of nitro groups is 1. The van der Waals surface area contributed by atoms with E-state index in [4.69, 9.17) is 14.9 Å². The van der Waals surface area contributed by atoms with Gasteiger partial charge in [-0.05, 0) is 19.8 Å². The number of aliphatic imine (C=N–C) groups is 1. The van der Waals surface area contributed by atoms with E-state index in [0.717, 1.165) is 32.4 Å². The molecule has 0 saturated heterocycles. The summed E-state index contributed by atoms with van der Waals surface area (Å²) < 4.78 is 4.74.